The minimum absolute atomic E-state index is 0.122. The van der Waals surface area contributed by atoms with Gasteiger partial charge in [0.2, 0.25) is 5.91 Å². The summed E-state index contributed by atoms with van der Waals surface area (Å²) in [5, 5.41) is 15.2. The molecule has 33 heavy (non-hydrogen) atoms. The van der Waals surface area contributed by atoms with Crippen molar-refractivity contribution < 1.29 is 4.79 Å². The number of aryl methyl sites for hydroxylation is 2. The van der Waals surface area contributed by atoms with E-state index in [1.165, 1.54) is 22.2 Å². The average Bonchev–Trinajstić information content (AvgIpc) is 3.38. The Kier molecular flexibility index (Phi) is 7.33. The summed E-state index contributed by atoms with van der Waals surface area (Å²) in [6.45, 7) is 8.64. The second kappa shape index (κ2) is 10.4. The van der Waals surface area contributed by atoms with Crippen LogP contribution in [0.4, 0.5) is 5.69 Å². The standard InChI is InChI=1S/C25H23ClN4OS2/c1-4-13-30-24(21-14-32-17(3)23(21)18-7-5-16(2)6-8-18)28-29-25(30)33-15-22(31)27-20-11-9-19(26)10-12-20/h4-12,14H,1,13,15H2,2-3H3,(H,27,31). The molecule has 4 aromatic rings. The van der Waals surface area contributed by atoms with E-state index >= 15 is 0 Å². The van der Waals surface area contributed by atoms with Crippen LogP contribution in [0.15, 0.2) is 71.7 Å². The number of amides is 1. The smallest absolute Gasteiger partial charge is 0.234 e. The van der Waals surface area contributed by atoms with Gasteiger partial charge in [0.1, 0.15) is 0 Å². The molecule has 2 aromatic heterocycles. The normalized spacial score (nSPS) is 10.9. The minimum Gasteiger partial charge on any atom is -0.325 e. The molecular weight excluding hydrogens is 472 g/mol. The van der Waals surface area contributed by atoms with Crippen molar-refractivity contribution in [2.45, 2.75) is 25.5 Å². The van der Waals surface area contributed by atoms with Gasteiger partial charge in [0, 0.05) is 38.6 Å². The van der Waals surface area contributed by atoms with Gasteiger partial charge in [-0.2, -0.15) is 0 Å². The zero-order chi connectivity index (χ0) is 23.4. The van der Waals surface area contributed by atoms with Crippen LogP contribution in [-0.2, 0) is 11.3 Å². The number of thiophene rings is 1. The first-order valence-electron chi connectivity index (χ1n) is 10.3. The van der Waals surface area contributed by atoms with Crippen LogP contribution >= 0.6 is 34.7 Å². The van der Waals surface area contributed by atoms with E-state index in [0.717, 1.165) is 22.5 Å². The summed E-state index contributed by atoms with van der Waals surface area (Å²) in [4.78, 5) is 13.7. The van der Waals surface area contributed by atoms with Crippen LogP contribution in [0.5, 0.6) is 0 Å². The number of allylic oxidation sites excluding steroid dienone is 1. The van der Waals surface area contributed by atoms with Crippen molar-refractivity contribution >= 4 is 46.3 Å². The predicted octanol–water partition coefficient (Wildman–Crippen LogP) is 6.86. The summed E-state index contributed by atoms with van der Waals surface area (Å²) in [5.74, 6) is 0.866. The van der Waals surface area contributed by atoms with Gasteiger partial charge in [-0.3, -0.25) is 9.36 Å². The Balaban J connectivity index is 1.57. The predicted molar refractivity (Wildman–Crippen MR) is 139 cm³/mol. The van der Waals surface area contributed by atoms with Crippen LogP contribution in [0.3, 0.4) is 0 Å². The first-order valence-corrected chi connectivity index (χ1v) is 12.6. The molecule has 0 saturated heterocycles. The third-order valence-corrected chi connectivity index (χ3v) is 7.17. The van der Waals surface area contributed by atoms with E-state index in [2.05, 4.69) is 65.6 Å². The maximum atomic E-state index is 12.4. The highest BCUT2D eigenvalue weighted by atomic mass is 35.5. The third kappa shape index (κ3) is 5.38. The number of hydrogen-bond donors (Lipinski definition) is 1. The van der Waals surface area contributed by atoms with Gasteiger partial charge >= 0.3 is 0 Å². The molecular formula is C25H23ClN4OS2. The van der Waals surface area contributed by atoms with Crippen molar-refractivity contribution in [1.82, 2.24) is 14.8 Å². The van der Waals surface area contributed by atoms with Gasteiger partial charge in [-0.25, -0.2) is 0 Å². The van der Waals surface area contributed by atoms with Gasteiger partial charge in [-0.1, -0.05) is 59.3 Å². The van der Waals surface area contributed by atoms with E-state index in [4.69, 9.17) is 11.6 Å². The lowest BCUT2D eigenvalue weighted by Crippen LogP contribution is -2.14. The fraction of sp³-hybridized carbons (Fsp3) is 0.160. The number of anilines is 1. The molecule has 0 saturated carbocycles. The molecule has 0 spiro atoms. The zero-order valence-electron chi connectivity index (χ0n) is 18.3. The Labute approximate surface area is 206 Å². The monoisotopic (exact) mass is 494 g/mol. The molecule has 0 fully saturated rings. The summed E-state index contributed by atoms with van der Waals surface area (Å²) in [5.41, 5.74) is 5.27. The topological polar surface area (TPSA) is 59.8 Å². The van der Waals surface area contributed by atoms with Crippen molar-refractivity contribution in [2.24, 2.45) is 0 Å². The number of carbonyl (C=O) groups is 1. The van der Waals surface area contributed by atoms with E-state index in [1.807, 2.05) is 10.6 Å². The van der Waals surface area contributed by atoms with Gasteiger partial charge in [-0.05, 0) is 43.7 Å². The fourth-order valence-electron chi connectivity index (χ4n) is 3.45. The van der Waals surface area contributed by atoms with Crippen LogP contribution in [-0.4, -0.2) is 26.4 Å². The molecule has 8 heteroatoms. The van der Waals surface area contributed by atoms with Crippen molar-refractivity contribution in [1.29, 1.82) is 0 Å². The highest BCUT2D eigenvalue weighted by Crippen LogP contribution is 2.39. The Bertz CT molecular complexity index is 1280. The van der Waals surface area contributed by atoms with Crippen LogP contribution in [0.2, 0.25) is 5.02 Å². The molecule has 4 rings (SSSR count). The summed E-state index contributed by atoms with van der Waals surface area (Å²) < 4.78 is 2.01. The zero-order valence-corrected chi connectivity index (χ0v) is 20.7. The largest absolute Gasteiger partial charge is 0.325 e. The highest BCUT2D eigenvalue weighted by molar-refractivity contribution is 7.99. The van der Waals surface area contributed by atoms with E-state index in [0.29, 0.717) is 22.4 Å². The van der Waals surface area contributed by atoms with Gasteiger partial charge in [0.05, 0.1) is 5.75 Å². The molecule has 0 atom stereocenters. The molecule has 2 aromatic carbocycles. The quantitative estimate of drug-likeness (QED) is 0.215. The number of thioether (sulfide) groups is 1. The molecule has 168 valence electrons. The second-order valence-electron chi connectivity index (χ2n) is 7.50. The third-order valence-electron chi connectivity index (χ3n) is 5.04. The number of hydrogen-bond acceptors (Lipinski definition) is 5. The molecule has 2 heterocycles. The van der Waals surface area contributed by atoms with E-state index in [9.17, 15) is 4.79 Å². The lowest BCUT2D eigenvalue weighted by Gasteiger charge is -2.10. The molecule has 1 N–H and O–H groups in total. The summed E-state index contributed by atoms with van der Waals surface area (Å²) in [6.07, 6.45) is 1.81. The number of aromatic nitrogens is 3. The molecule has 0 aliphatic heterocycles. The summed E-state index contributed by atoms with van der Waals surface area (Å²) >= 11 is 8.95. The lowest BCUT2D eigenvalue weighted by molar-refractivity contribution is -0.113. The molecule has 1 amide bonds. The first kappa shape index (κ1) is 23.3. The average molecular weight is 495 g/mol. The van der Waals surface area contributed by atoms with Crippen LogP contribution in [0.25, 0.3) is 22.5 Å². The minimum atomic E-state index is -0.122. The SMILES string of the molecule is C=CCn1c(SCC(=O)Nc2ccc(Cl)cc2)nnc1-c1csc(C)c1-c1ccc(C)cc1. The molecule has 0 radical (unpaired) electrons. The molecule has 0 bridgehead atoms. The second-order valence-corrected chi connectivity index (χ2v) is 9.96. The molecule has 0 aliphatic carbocycles. The Hall–Kier alpha value is -2.87. The molecule has 0 aliphatic rings. The number of benzene rings is 2. The van der Waals surface area contributed by atoms with Gasteiger partial charge < -0.3 is 5.32 Å². The van der Waals surface area contributed by atoms with Crippen LogP contribution in [0.1, 0.15) is 10.4 Å². The van der Waals surface area contributed by atoms with Crippen molar-refractivity contribution in [3.05, 3.63) is 82.0 Å². The van der Waals surface area contributed by atoms with Gasteiger partial charge in [0.25, 0.3) is 0 Å². The lowest BCUT2D eigenvalue weighted by atomic mass is 10.0. The van der Waals surface area contributed by atoms with Crippen molar-refractivity contribution in [2.75, 3.05) is 11.1 Å². The molecule has 0 unspecified atom stereocenters. The Morgan fingerprint density at radius 3 is 2.58 bits per heavy atom. The van der Waals surface area contributed by atoms with Crippen LogP contribution < -0.4 is 5.32 Å². The van der Waals surface area contributed by atoms with Crippen molar-refractivity contribution in [3.8, 4) is 22.5 Å². The van der Waals surface area contributed by atoms with E-state index < -0.39 is 0 Å². The summed E-state index contributed by atoms with van der Waals surface area (Å²) in [6, 6.07) is 15.5. The highest BCUT2D eigenvalue weighted by Gasteiger charge is 2.20. The Morgan fingerprint density at radius 1 is 1.15 bits per heavy atom. The number of nitrogens with one attached hydrogen (secondary N) is 1. The van der Waals surface area contributed by atoms with E-state index in [1.54, 1.807) is 35.6 Å². The fourth-order valence-corrected chi connectivity index (χ4v) is 5.18. The summed E-state index contributed by atoms with van der Waals surface area (Å²) in [7, 11) is 0. The number of rotatable bonds is 8. The maximum absolute atomic E-state index is 12.4. The number of halogens is 1. The molecule has 5 nitrogen and oxygen atoms in total. The van der Waals surface area contributed by atoms with E-state index in [-0.39, 0.29) is 11.7 Å². The van der Waals surface area contributed by atoms with Gasteiger partial charge in [0.15, 0.2) is 11.0 Å². The van der Waals surface area contributed by atoms with Gasteiger partial charge in [-0.15, -0.1) is 28.1 Å². The van der Waals surface area contributed by atoms with Crippen LogP contribution in [0, 0.1) is 13.8 Å². The number of nitrogens with zero attached hydrogens (tertiary/aromatic N) is 3. The number of carbonyl (C=O) groups excluding carboxylic acids is 1. The Morgan fingerprint density at radius 2 is 1.88 bits per heavy atom. The first-order chi connectivity index (χ1) is 16.0. The maximum Gasteiger partial charge on any atom is 0.234 e. The van der Waals surface area contributed by atoms with Crippen molar-refractivity contribution in [3.63, 3.8) is 0 Å².